The van der Waals surface area contributed by atoms with Crippen molar-refractivity contribution in [2.24, 2.45) is 0 Å². The van der Waals surface area contributed by atoms with Gasteiger partial charge in [-0.1, -0.05) is 0 Å². The van der Waals surface area contributed by atoms with E-state index in [0.29, 0.717) is 36.3 Å². The predicted molar refractivity (Wildman–Crippen MR) is 114 cm³/mol. The van der Waals surface area contributed by atoms with Gasteiger partial charge in [-0.25, -0.2) is 9.07 Å². The average Bonchev–Trinajstić information content (AvgIpc) is 3.32. The zero-order valence-electron chi connectivity index (χ0n) is 16.4. The lowest BCUT2D eigenvalue weighted by Gasteiger charge is -2.08. The van der Waals surface area contributed by atoms with Crippen LogP contribution in [0, 0.1) is 17.1 Å². The molecule has 0 saturated heterocycles. The molecule has 1 aliphatic carbocycles. The number of nitrogens with two attached hydrogens (primary N) is 1. The molecule has 0 aliphatic heterocycles. The number of halogens is 1. The molecular weight excluding hydrogens is 401 g/mol. The minimum Gasteiger partial charge on any atom is -0.382 e. The van der Waals surface area contributed by atoms with E-state index in [9.17, 15) is 14.4 Å². The normalized spacial score (nSPS) is 12.9. The molecule has 2 aromatic heterocycles. The Morgan fingerprint density at radius 2 is 2.07 bits per heavy atom. The molecule has 1 aliphatic rings. The van der Waals surface area contributed by atoms with Crippen LogP contribution in [0.2, 0.25) is 0 Å². The molecule has 0 unspecified atom stereocenters. The average molecular weight is 424 g/mol. The van der Waals surface area contributed by atoms with E-state index in [1.54, 1.807) is 23.5 Å². The van der Waals surface area contributed by atoms with Crippen LogP contribution in [0.5, 0.6) is 0 Å². The molecule has 2 heterocycles. The number of nitrogen functional groups attached to an aromatic ring is 1. The van der Waals surface area contributed by atoms with Crippen LogP contribution < -0.4 is 11.1 Å². The molecule has 0 spiro atoms. The van der Waals surface area contributed by atoms with Crippen molar-refractivity contribution < 1.29 is 9.18 Å². The van der Waals surface area contributed by atoms with Gasteiger partial charge in [0, 0.05) is 11.4 Å². The van der Waals surface area contributed by atoms with Gasteiger partial charge in [0.2, 0.25) is 0 Å². The number of fused-ring (bicyclic) bond motifs is 1. The van der Waals surface area contributed by atoms with Crippen molar-refractivity contribution in [2.45, 2.75) is 38.5 Å². The van der Waals surface area contributed by atoms with E-state index in [4.69, 9.17) is 5.73 Å². The minimum atomic E-state index is -0.354. The van der Waals surface area contributed by atoms with Crippen molar-refractivity contribution in [1.29, 1.82) is 5.26 Å². The highest BCUT2D eigenvalue weighted by Crippen LogP contribution is 2.29. The Morgan fingerprint density at radius 1 is 1.30 bits per heavy atom. The van der Waals surface area contributed by atoms with Crippen LogP contribution in [0.4, 0.5) is 10.2 Å². The molecule has 0 atom stereocenters. The van der Waals surface area contributed by atoms with E-state index >= 15 is 0 Å². The van der Waals surface area contributed by atoms with Crippen LogP contribution in [0.15, 0.2) is 30.3 Å². The van der Waals surface area contributed by atoms with E-state index in [0.717, 1.165) is 17.7 Å². The van der Waals surface area contributed by atoms with Crippen LogP contribution in [0.1, 0.15) is 50.6 Å². The van der Waals surface area contributed by atoms with Crippen LogP contribution in [0.3, 0.4) is 0 Å². The molecule has 4 rings (SSSR count). The summed E-state index contributed by atoms with van der Waals surface area (Å²) in [6.07, 6.45) is 5.66. The summed E-state index contributed by atoms with van der Waals surface area (Å²) in [5, 5.41) is 16.9. The van der Waals surface area contributed by atoms with Crippen LogP contribution in [0.25, 0.3) is 5.69 Å². The Morgan fingerprint density at radius 3 is 2.80 bits per heavy atom. The smallest absolute Gasteiger partial charge is 0.261 e. The summed E-state index contributed by atoms with van der Waals surface area (Å²) in [4.78, 5) is 14.6. The number of aryl methyl sites for hydroxylation is 3. The quantitative estimate of drug-likeness (QED) is 0.590. The molecular formula is C22H22FN5OS. The van der Waals surface area contributed by atoms with Crippen molar-refractivity contribution in [3.05, 3.63) is 62.7 Å². The highest BCUT2D eigenvalue weighted by Gasteiger charge is 2.18. The number of carbonyl (C=O) groups is 1. The van der Waals surface area contributed by atoms with Gasteiger partial charge in [0.1, 0.15) is 23.3 Å². The third-order valence-corrected chi connectivity index (χ3v) is 6.51. The molecule has 0 fully saturated rings. The summed E-state index contributed by atoms with van der Waals surface area (Å²) in [7, 11) is 0. The van der Waals surface area contributed by atoms with Crippen molar-refractivity contribution in [3.63, 3.8) is 0 Å². The largest absolute Gasteiger partial charge is 0.382 e. The fourth-order valence-corrected chi connectivity index (χ4v) is 4.87. The summed E-state index contributed by atoms with van der Waals surface area (Å²) < 4.78 is 14.6. The number of rotatable bonds is 6. The molecule has 8 heteroatoms. The molecule has 1 aromatic carbocycles. The number of amides is 1. The molecule has 1 amide bonds. The lowest BCUT2D eigenvalue weighted by atomic mass is 9.99. The number of benzene rings is 1. The summed E-state index contributed by atoms with van der Waals surface area (Å²) in [5.74, 6) is -0.175. The zero-order valence-corrected chi connectivity index (χ0v) is 17.3. The fraction of sp³-hybridized carbons (Fsp3) is 0.318. The molecule has 30 heavy (non-hydrogen) atoms. The summed E-state index contributed by atoms with van der Waals surface area (Å²) >= 11 is 1.59. The third kappa shape index (κ3) is 4.07. The van der Waals surface area contributed by atoms with Crippen molar-refractivity contribution in [3.8, 4) is 11.8 Å². The Labute approximate surface area is 178 Å². The van der Waals surface area contributed by atoms with Gasteiger partial charge in [-0.05, 0) is 74.4 Å². The van der Waals surface area contributed by atoms with Gasteiger partial charge in [0.15, 0.2) is 0 Å². The number of anilines is 1. The summed E-state index contributed by atoms with van der Waals surface area (Å²) in [6, 6.07) is 9.88. The Kier molecular flexibility index (Phi) is 5.81. The molecule has 6 nitrogen and oxygen atoms in total. The lowest BCUT2D eigenvalue weighted by Crippen LogP contribution is -2.24. The lowest BCUT2D eigenvalue weighted by molar-refractivity contribution is 0.0957. The highest BCUT2D eigenvalue weighted by atomic mass is 32.1. The van der Waals surface area contributed by atoms with Gasteiger partial charge in [-0.15, -0.1) is 11.3 Å². The van der Waals surface area contributed by atoms with E-state index in [-0.39, 0.29) is 17.5 Å². The van der Waals surface area contributed by atoms with Gasteiger partial charge >= 0.3 is 0 Å². The Bertz CT molecular complexity index is 1090. The number of aromatic nitrogens is 2. The number of nitrogens with zero attached hydrogens (tertiary/aromatic N) is 3. The maximum absolute atomic E-state index is 13.2. The highest BCUT2D eigenvalue weighted by molar-refractivity contribution is 7.14. The number of hydrogen-bond donors (Lipinski definition) is 2. The second-order valence-corrected chi connectivity index (χ2v) is 8.47. The van der Waals surface area contributed by atoms with E-state index in [2.05, 4.69) is 16.5 Å². The van der Waals surface area contributed by atoms with Crippen LogP contribution >= 0.6 is 11.3 Å². The van der Waals surface area contributed by atoms with E-state index in [1.807, 2.05) is 6.07 Å². The van der Waals surface area contributed by atoms with Gasteiger partial charge < -0.3 is 11.1 Å². The molecule has 3 N–H and O–H groups in total. The van der Waals surface area contributed by atoms with Crippen molar-refractivity contribution >= 4 is 23.1 Å². The van der Waals surface area contributed by atoms with Gasteiger partial charge in [-0.3, -0.25) is 4.79 Å². The van der Waals surface area contributed by atoms with E-state index < -0.39 is 0 Å². The maximum atomic E-state index is 13.2. The number of nitriles is 1. The first-order valence-corrected chi connectivity index (χ1v) is 10.8. The molecule has 0 radical (unpaired) electrons. The number of hydrogen-bond acceptors (Lipinski definition) is 5. The minimum absolute atomic E-state index is 0.0498. The first kappa shape index (κ1) is 20.1. The SMILES string of the molecule is N#Cc1c(CCCNC(=O)c2cc3c(s2)CCCC3)nn(-c2ccc(F)cc2)c1N. The van der Waals surface area contributed by atoms with Gasteiger partial charge in [0.05, 0.1) is 16.3 Å². The van der Waals surface area contributed by atoms with E-state index in [1.165, 1.54) is 40.1 Å². The monoisotopic (exact) mass is 423 g/mol. The molecule has 0 saturated carbocycles. The van der Waals surface area contributed by atoms with Crippen molar-refractivity contribution in [2.75, 3.05) is 12.3 Å². The van der Waals surface area contributed by atoms with Crippen LogP contribution in [-0.4, -0.2) is 22.2 Å². The topological polar surface area (TPSA) is 96.7 Å². The maximum Gasteiger partial charge on any atom is 0.261 e. The Hall–Kier alpha value is -3.18. The number of nitrogens with one attached hydrogen (secondary N) is 1. The fourth-order valence-electron chi connectivity index (χ4n) is 3.70. The standard InChI is InChI=1S/C22H22FN5OS/c23-15-7-9-16(10-8-15)28-21(25)17(13-24)18(27-28)5-3-11-26-22(29)20-12-14-4-1-2-6-19(14)30-20/h7-10,12H,1-6,11,25H2,(H,26,29). The van der Waals surface area contributed by atoms with Gasteiger partial charge in [0.25, 0.3) is 5.91 Å². The molecule has 154 valence electrons. The first-order chi connectivity index (χ1) is 14.6. The van der Waals surface area contributed by atoms with Crippen LogP contribution in [-0.2, 0) is 19.3 Å². The summed E-state index contributed by atoms with van der Waals surface area (Å²) in [6.45, 7) is 0.482. The summed E-state index contributed by atoms with van der Waals surface area (Å²) in [5.41, 5.74) is 8.87. The van der Waals surface area contributed by atoms with Gasteiger partial charge in [-0.2, -0.15) is 10.4 Å². The molecule has 0 bridgehead atoms. The Balaban J connectivity index is 1.37. The molecule has 3 aromatic rings. The van der Waals surface area contributed by atoms with Crippen molar-refractivity contribution in [1.82, 2.24) is 15.1 Å². The third-order valence-electron chi connectivity index (χ3n) is 5.27. The number of thiophene rings is 1. The number of carbonyl (C=O) groups excluding carboxylic acids is 1. The first-order valence-electron chi connectivity index (χ1n) is 10.00. The zero-order chi connectivity index (χ0) is 21.1. The second-order valence-electron chi connectivity index (χ2n) is 7.33. The second kappa shape index (κ2) is 8.67. The predicted octanol–water partition coefficient (Wildman–Crippen LogP) is 3.77.